The number of aliphatic hydroxyl groups excluding tert-OH is 3. The van der Waals surface area contributed by atoms with Crippen molar-refractivity contribution in [2.45, 2.75) is 157 Å². The number of hydrogen-bond acceptors (Lipinski definition) is 20. The number of thioether (sulfide) groups is 2. The minimum atomic E-state index is -3.85. The smallest absolute Gasteiger partial charge is 0.508 e. The Morgan fingerprint density at radius 3 is 1.86 bits per heavy atom. The first kappa shape index (κ1) is 71.9. The summed E-state index contributed by atoms with van der Waals surface area (Å²) in [6, 6.07) is 14.6. The highest BCUT2D eigenvalue weighted by Crippen LogP contribution is 2.38. The van der Waals surface area contributed by atoms with Gasteiger partial charge in [-0.15, -0.1) is 23.5 Å². The molecule has 446 valence electrons. The molecule has 8 atom stereocenters. The van der Waals surface area contributed by atoms with Crippen molar-refractivity contribution < 1.29 is 55.5 Å². The molecule has 0 radical (unpaired) electrons. The fraction of sp³-hybridized carbons (Fsp3) is 0.731. The largest absolute Gasteiger partial charge is 0.510 e. The van der Waals surface area contributed by atoms with Crippen molar-refractivity contribution in [1.82, 2.24) is 15.6 Å². The molecule has 0 saturated heterocycles. The number of benzene rings is 2. The number of anilines is 2. The van der Waals surface area contributed by atoms with Crippen molar-refractivity contribution in [3.8, 4) is 0 Å². The van der Waals surface area contributed by atoms with Crippen LogP contribution in [0.5, 0.6) is 0 Å². The van der Waals surface area contributed by atoms with E-state index in [9.17, 15) is 15.3 Å². The minimum Gasteiger partial charge on any atom is -0.510 e. The molecule has 8 unspecified atom stereocenters. The van der Waals surface area contributed by atoms with E-state index in [0.29, 0.717) is 78.2 Å². The van der Waals surface area contributed by atoms with E-state index in [1.54, 1.807) is 23.5 Å². The van der Waals surface area contributed by atoms with Crippen LogP contribution in [0.15, 0.2) is 58.5 Å². The van der Waals surface area contributed by atoms with Gasteiger partial charge in [-0.1, -0.05) is 36.9 Å². The predicted octanol–water partition coefficient (Wildman–Crippen LogP) is 6.64. The molecule has 0 aromatic heterocycles. The lowest BCUT2D eigenvalue weighted by Gasteiger charge is -2.44. The molecule has 0 aliphatic carbocycles. The molecule has 2 aromatic rings. The third-order valence-corrected chi connectivity index (χ3v) is 32.6. The van der Waals surface area contributed by atoms with Crippen LogP contribution < -0.4 is 37.6 Å². The second-order valence-corrected chi connectivity index (χ2v) is 41.4. The molecular weight excluding hydrogens is 1110 g/mol. The van der Waals surface area contributed by atoms with E-state index in [1.165, 1.54) is 0 Å². The van der Waals surface area contributed by atoms with Gasteiger partial charge in [0.1, 0.15) is 12.4 Å². The van der Waals surface area contributed by atoms with Crippen LogP contribution in [-0.4, -0.2) is 194 Å². The second kappa shape index (κ2) is 37.8. The Balaban J connectivity index is 2.32. The maximum absolute atomic E-state index is 11.0. The second-order valence-electron chi connectivity index (χ2n) is 21.9. The van der Waals surface area contributed by atoms with E-state index in [-0.39, 0.29) is 49.7 Å². The van der Waals surface area contributed by atoms with E-state index in [0.717, 1.165) is 50.4 Å². The number of nitrogen functional groups attached to an aromatic ring is 1. The molecule has 0 aliphatic rings. The van der Waals surface area contributed by atoms with Gasteiger partial charge in [0.25, 0.3) is 0 Å². The number of hydrogen-bond donors (Lipinski definition) is 9. The van der Waals surface area contributed by atoms with E-state index >= 15 is 0 Å². The number of nitrogens with one attached hydrogen (secondary N) is 4. The summed E-state index contributed by atoms with van der Waals surface area (Å²) in [4.78, 5) is 5.94. The number of likely N-dealkylation sites (N-methyl/N-ethyl adjacent to an activating group) is 1. The van der Waals surface area contributed by atoms with Gasteiger partial charge in [-0.2, -0.15) is 0 Å². The topological polar surface area (TPSA) is 244 Å². The predicted molar refractivity (Wildman–Crippen MR) is 332 cm³/mol. The molecule has 0 bridgehead atoms. The van der Waals surface area contributed by atoms with E-state index in [2.05, 4.69) is 98.8 Å². The Bertz CT molecular complexity index is 1930. The third-order valence-electron chi connectivity index (χ3n) is 12.2. The third kappa shape index (κ3) is 30.6. The molecular formula is C52H104N6O12S2Si5. The Kier molecular flexibility index (Phi) is 35.3. The Labute approximate surface area is 478 Å². The zero-order valence-corrected chi connectivity index (χ0v) is 56.2. The van der Waals surface area contributed by atoms with Gasteiger partial charge in [-0.25, -0.2) is 0 Å². The minimum absolute atomic E-state index is 0.0225. The van der Waals surface area contributed by atoms with Crippen LogP contribution in [-0.2, 0) is 40.1 Å². The highest BCUT2D eigenvalue weighted by atomic mass is 32.2. The van der Waals surface area contributed by atoms with Crippen LogP contribution in [0.1, 0.15) is 52.5 Å². The average molecular weight is 1210 g/mol. The molecule has 18 nitrogen and oxygen atoms in total. The summed E-state index contributed by atoms with van der Waals surface area (Å²) in [5.74, 6) is -0.0225. The van der Waals surface area contributed by atoms with Crippen LogP contribution in [0.3, 0.4) is 0 Å². The van der Waals surface area contributed by atoms with Gasteiger partial charge < -0.3 is 87.9 Å². The van der Waals surface area contributed by atoms with Crippen molar-refractivity contribution in [2.24, 2.45) is 5.73 Å². The summed E-state index contributed by atoms with van der Waals surface area (Å²) >= 11 is 3.27. The zero-order valence-electron chi connectivity index (χ0n) is 49.4. The van der Waals surface area contributed by atoms with Gasteiger partial charge in [0.2, 0.25) is 9.20 Å². The van der Waals surface area contributed by atoms with Crippen LogP contribution in [0.25, 0.3) is 0 Å². The van der Waals surface area contributed by atoms with Crippen LogP contribution in [0.4, 0.5) is 11.4 Å². The van der Waals surface area contributed by atoms with Gasteiger partial charge in [-0.3, -0.25) is 0 Å². The van der Waals surface area contributed by atoms with Gasteiger partial charge in [0, 0.05) is 72.1 Å². The van der Waals surface area contributed by atoms with Gasteiger partial charge in [-0.05, 0) is 142 Å². The molecule has 25 heteroatoms. The van der Waals surface area contributed by atoms with Gasteiger partial charge in [0.05, 0.1) is 63.2 Å². The SMILES string of the molecule is C=C(O)COCCC[SiH](NC(C)COCC(C)N)O[Si](O[Si](C)(C)CCCOCC(O)CNc1c(SC)cc(SC)c(N)c1C)(O[Si](C)(C)O[Si](C)(C)CCCOCC(O)CNC(C)COCC(C)NC)c1ccccc1. The van der Waals surface area contributed by atoms with Crippen LogP contribution >= 0.6 is 23.5 Å². The van der Waals surface area contributed by atoms with E-state index < -0.39 is 55.4 Å². The summed E-state index contributed by atoms with van der Waals surface area (Å²) in [5.41, 5.74) is 15.1. The standard InChI is InChI=1S/C52H104N6O12S2Si5/c1-40(53)33-65-36-43(4)58-73(27-19-24-62-37-44(5)59)67-77(48-22-17-16-18-23-48,69-75(12,13)29-21-26-64-39-47(61)32-57-52-45(6)51(54)49(71-8)30-50(52)72-9)70-76(14,15)68-74(10,11)28-20-25-63-38-46(60)31-56-42(3)35-66-34-41(2)55-7/h16-18,22-23,30,40-43,46-47,55-61,73H,5,19-21,24-29,31-39,53-54H2,1-4,6-15H3. The molecule has 0 heterocycles. The Hall–Kier alpha value is -1.24. The lowest BCUT2D eigenvalue weighted by atomic mass is 10.1. The molecule has 0 aliphatic heterocycles. The molecule has 11 N–H and O–H groups in total. The maximum Gasteiger partial charge on any atom is 0.508 e. The first-order chi connectivity index (χ1) is 36.3. The van der Waals surface area contributed by atoms with Crippen molar-refractivity contribution in [1.29, 1.82) is 0 Å². The van der Waals surface area contributed by atoms with Gasteiger partial charge in [0.15, 0.2) is 16.6 Å². The first-order valence-electron chi connectivity index (χ1n) is 27.4. The number of aliphatic hydroxyl groups is 3. The monoisotopic (exact) mass is 1210 g/mol. The first-order valence-corrected chi connectivity index (χ1v) is 42.5. The molecule has 0 amide bonds. The Morgan fingerprint density at radius 2 is 1.27 bits per heavy atom. The van der Waals surface area contributed by atoms with Crippen molar-refractivity contribution in [2.75, 3.05) is 110 Å². The number of ether oxygens (including phenoxy) is 5. The van der Waals surface area contributed by atoms with Crippen LogP contribution in [0.2, 0.25) is 57.4 Å². The number of rotatable bonds is 46. The maximum atomic E-state index is 11.0. The van der Waals surface area contributed by atoms with Crippen molar-refractivity contribution in [3.05, 3.63) is 54.3 Å². The Morgan fingerprint density at radius 1 is 0.714 bits per heavy atom. The average Bonchev–Trinajstić information content (AvgIpc) is 3.34. The number of nitrogens with two attached hydrogens (primary N) is 2. The molecule has 0 spiro atoms. The highest BCUT2D eigenvalue weighted by Gasteiger charge is 2.54. The highest BCUT2D eigenvalue weighted by molar-refractivity contribution is 7.99. The van der Waals surface area contributed by atoms with E-state index in [1.807, 2.05) is 58.5 Å². The summed E-state index contributed by atoms with van der Waals surface area (Å²) in [6.45, 7) is 31.3. The molecule has 0 fully saturated rings. The summed E-state index contributed by atoms with van der Waals surface area (Å²) < 4.78 is 59.6. The summed E-state index contributed by atoms with van der Waals surface area (Å²) in [5, 5.41) is 42.2. The quantitative estimate of drug-likeness (QED) is 0.0111. The summed E-state index contributed by atoms with van der Waals surface area (Å²) in [7, 11) is -12.5. The molecule has 2 aromatic carbocycles. The molecule has 77 heavy (non-hydrogen) atoms. The van der Waals surface area contributed by atoms with Crippen molar-refractivity contribution in [3.63, 3.8) is 0 Å². The normalized spacial score (nSPS) is 16.1. The van der Waals surface area contributed by atoms with Crippen molar-refractivity contribution >= 4 is 83.3 Å². The lowest BCUT2D eigenvalue weighted by molar-refractivity contribution is 0.0326. The zero-order chi connectivity index (χ0) is 57.7. The summed E-state index contributed by atoms with van der Waals surface area (Å²) in [6.07, 6.45) is 4.83. The van der Waals surface area contributed by atoms with Crippen LogP contribution in [0, 0.1) is 6.92 Å². The van der Waals surface area contributed by atoms with Gasteiger partial charge >= 0.3 is 17.4 Å². The molecule has 2 rings (SSSR count). The van der Waals surface area contributed by atoms with E-state index in [4.69, 9.17) is 51.6 Å². The molecule has 0 saturated carbocycles. The fourth-order valence-corrected chi connectivity index (χ4v) is 31.4. The lowest BCUT2D eigenvalue weighted by Crippen LogP contribution is -2.69. The fourth-order valence-electron chi connectivity index (χ4n) is 8.29.